The van der Waals surface area contributed by atoms with E-state index in [1.807, 2.05) is 0 Å². The van der Waals surface area contributed by atoms with E-state index in [1.54, 1.807) is 0 Å². The van der Waals surface area contributed by atoms with Gasteiger partial charge in [0.15, 0.2) is 0 Å². The Labute approximate surface area is 125 Å². The van der Waals surface area contributed by atoms with Crippen molar-refractivity contribution in [2.45, 2.75) is 78.6 Å². The summed E-state index contributed by atoms with van der Waals surface area (Å²) in [4.78, 5) is 0. The number of alkyl halides is 2. The van der Waals surface area contributed by atoms with E-state index in [9.17, 15) is 0 Å². The third-order valence-corrected chi connectivity index (χ3v) is 5.35. The zero-order chi connectivity index (χ0) is 13.9. The lowest BCUT2D eigenvalue weighted by molar-refractivity contribution is 0.231. The van der Waals surface area contributed by atoms with Crippen LogP contribution in [0.4, 0.5) is 0 Å². The quantitative estimate of drug-likeness (QED) is 0.280. The molecular formula is C16H32Cl2. The molecule has 0 fully saturated rings. The first-order chi connectivity index (χ1) is 8.63. The molecule has 0 bridgehead atoms. The maximum Gasteiger partial charge on any atom is 0.0293 e. The maximum atomic E-state index is 6.13. The van der Waals surface area contributed by atoms with Crippen molar-refractivity contribution in [3.63, 3.8) is 0 Å². The number of halogens is 2. The Hall–Kier alpha value is 0.580. The average molecular weight is 295 g/mol. The topological polar surface area (TPSA) is 0 Å². The number of hydrogen-bond donors (Lipinski definition) is 0. The lowest BCUT2D eigenvalue weighted by Crippen LogP contribution is -2.31. The number of unbranched alkanes of at least 4 members (excludes halogenated alkanes) is 7. The molecule has 2 heteroatoms. The zero-order valence-corrected chi connectivity index (χ0v) is 14.1. The summed E-state index contributed by atoms with van der Waals surface area (Å²) >= 11 is 12.3. The number of rotatable bonds is 12. The molecule has 0 aliphatic heterocycles. The molecule has 0 aliphatic rings. The molecule has 0 aliphatic carbocycles. The van der Waals surface area contributed by atoms with Crippen LogP contribution in [0.1, 0.15) is 78.6 Å². The zero-order valence-electron chi connectivity index (χ0n) is 12.6. The van der Waals surface area contributed by atoms with Crippen molar-refractivity contribution in [1.82, 2.24) is 0 Å². The Bertz CT molecular complexity index is 174. The summed E-state index contributed by atoms with van der Waals surface area (Å²) in [6.07, 6.45) is 12.1. The summed E-state index contributed by atoms with van der Waals surface area (Å²) in [7, 11) is 0. The lowest BCUT2D eigenvalue weighted by atomic mass is 9.76. The fourth-order valence-electron chi connectivity index (χ4n) is 2.38. The van der Waals surface area contributed by atoms with Gasteiger partial charge in [0.25, 0.3) is 0 Å². The minimum Gasteiger partial charge on any atom is -0.126 e. The predicted molar refractivity (Wildman–Crippen MR) is 85.9 cm³/mol. The Balaban J connectivity index is 3.62. The van der Waals surface area contributed by atoms with Gasteiger partial charge in [-0.15, -0.1) is 23.2 Å². The normalized spacial score (nSPS) is 12.3. The first-order valence-electron chi connectivity index (χ1n) is 7.75. The molecule has 18 heavy (non-hydrogen) atoms. The molecule has 0 aromatic heterocycles. The highest BCUT2D eigenvalue weighted by Crippen LogP contribution is 2.36. The van der Waals surface area contributed by atoms with Crippen LogP contribution in [0.3, 0.4) is 0 Å². The lowest BCUT2D eigenvalue weighted by Gasteiger charge is -2.34. The molecule has 0 radical (unpaired) electrons. The summed E-state index contributed by atoms with van der Waals surface area (Å²) in [6, 6.07) is 0. The first-order valence-corrected chi connectivity index (χ1v) is 8.81. The van der Waals surface area contributed by atoms with Crippen molar-refractivity contribution in [3.8, 4) is 0 Å². The van der Waals surface area contributed by atoms with Crippen LogP contribution in [0.15, 0.2) is 0 Å². The predicted octanol–water partition coefficient (Wildman–Crippen LogP) is 6.64. The highest BCUT2D eigenvalue weighted by atomic mass is 35.5. The molecule has 0 nitrogen and oxygen atoms in total. The Morgan fingerprint density at radius 1 is 0.778 bits per heavy atom. The fourth-order valence-corrected chi connectivity index (χ4v) is 3.55. The highest BCUT2D eigenvalue weighted by Gasteiger charge is 2.31. The van der Waals surface area contributed by atoms with E-state index < -0.39 is 0 Å². The smallest absolute Gasteiger partial charge is 0.0293 e. The van der Waals surface area contributed by atoms with Crippen LogP contribution >= 0.6 is 23.2 Å². The van der Waals surface area contributed by atoms with Crippen LogP contribution < -0.4 is 0 Å². The molecule has 110 valence electrons. The Kier molecular flexibility index (Phi) is 11.8. The van der Waals surface area contributed by atoms with Gasteiger partial charge in [0.1, 0.15) is 0 Å². The summed E-state index contributed by atoms with van der Waals surface area (Å²) in [5.41, 5.74) is 0.158. The van der Waals surface area contributed by atoms with Crippen molar-refractivity contribution in [3.05, 3.63) is 0 Å². The molecule has 0 spiro atoms. The van der Waals surface area contributed by atoms with Gasteiger partial charge in [-0.25, -0.2) is 0 Å². The highest BCUT2D eigenvalue weighted by molar-refractivity contribution is 6.21. The van der Waals surface area contributed by atoms with E-state index in [0.717, 1.165) is 0 Å². The van der Waals surface area contributed by atoms with Crippen LogP contribution in [0.2, 0.25) is 0 Å². The Morgan fingerprint density at radius 2 is 1.22 bits per heavy atom. The van der Waals surface area contributed by atoms with Crippen molar-refractivity contribution >= 4 is 23.2 Å². The summed E-state index contributed by atoms with van der Waals surface area (Å²) < 4.78 is 0. The van der Waals surface area contributed by atoms with Crippen molar-refractivity contribution < 1.29 is 0 Å². The third kappa shape index (κ3) is 7.24. The van der Waals surface area contributed by atoms with Gasteiger partial charge < -0.3 is 0 Å². The maximum absolute atomic E-state index is 6.13. The number of hydrogen-bond acceptors (Lipinski definition) is 0. The van der Waals surface area contributed by atoms with Crippen LogP contribution in [-0.2, 0) is 0 Å². The average Bonchev–Trinajstić information content (AvgIpc) is 2.37. The van der Waals surface area contributed by atoms with E-state index >= 15 is 0 Å². The molecule has 0 rings (SSSR count). The van der Waals surface area contributed by atoms with E-state index in [2.05, 4.69) is 20.8 Å². The largest absolute Gasteiger partial charge is 0.126 e. The van der Waals surface area contributed by atoms with Gasteiger partial charge >= 0.3 is 0 Å². The third-order valence-electron chi connectivity index (χ3n) is 4.29. The molecule has 0 saturated carbocycles. The minimum absolute atomic E-state index is 0.158. The monoisotopic (exact) mass is 294 g/mol. The molecule has 0 amide bonds. The first kappa shape index (κ1) is 18.6. The van der Waals surface area contributed by atoms with E-state index in [4.69, 9.17) is 23.2 Å². The second-order valence-corrected chi connectivity index (χ2v) is 6.54. The van der Waals surface area contributed by atoms with Gasteiger partial charge in [-0.05, 0) is 17.8 Å². The molecule has 0 saturated heterocycles. The standard InChI is InChI=1S/C16H32Cl2/c1-4-5-6-7-8-9-10-11-12-16(13-17,14-18)15(2)3/h15H,4-14H2,1-3H3. The summed E-state index contributed by atoms with van der Waals surface area (Å²) in [6.45, 7) is 6.76. The van der Waals surface area contributed by atoms with E-state index in [0.29, 0.717) is 17.7 Å². The van der Waals surface area contributed by atoms with Gasteiger partial charge in [-0.3, -0.25) is 0 Å². The van der Waals surface area contributed by atoms with Crippen molar-refractivity contribution in [1.29, 1.82) is 0 Å². The van der Waals surface area contributed by atoms with Crippen LogP contribution in [0, 0.1) is 11.3 Å². The SMILES string of the molecule is CCCCCCCCCCC(CCl)(CCl)C(C)C. The summed E-state index contributed by atoms with van der Waals surface area (Å²) in [5.74, 6) is 1.98. The Morgan fingerprint density at radius 3 is 1.61 bits per heavy atom. The van der Waals surface area contributed by atoms with Crippen LogP contribution in [-0.4, -0.2) is 11.8 Å². The van der Waals surface area contributed by atoms with Gasteiger partial charge in [0.05, 0.1) is 0 Å². The van der Waals surface area contributed by atoms with Gasteiger partial charge in [0.2, 0.25) is 0 Å². The molecular weight excluding hydrogens is 263 g/mol. The fraction of sp³-hybridized carbons (Fsp3) is 1.00. The minimum atomic E-state index is 0.158. The van der Waals surface area contributed by atoms with Crippen molar-refractivity contribution in [2.75, 3.05) is 11.8 Å². The molecule has 0 aromatic rings. The molecule has 0 N–H and O–H groups in total. The van der Waals surface area contributed by atoms with Crippen LogP contribution in [0.25, 0.3) is 0 Å². The van der Waals surface area contributed by atoms with Gasteiger partial charge in [-0.2, -0.15) is 0 Å². The molecule has 0 aromatic carbocycles. The van der Waals surface area contributed by atoms with E-state index in [-0.39, 0.29) is 5.41 Å². The molecule has 0 atom stereocenters. The van der Waals surface area contributed by atoms with Gasteiger partial charge in [-0.1, -0.05) is 72.1 Å². The second kappa shape index (κ2) is 11.4. The summed E-state index contributed by atoms with van der Waals surface area (Å²) in [5, 5.41) is 0. The molecule has 0 unspecified atom stereocenters. The van der Waals surface area contributed by atoms with E-state index in [1.165, 1.54) is 57.8 Å². The van der Waals surface area contributed by atoms with Crippen LogP contribution in [0.5, 0.6) is 0 Å². The van der Waals surface area contributed by atoms with Gasteiger partial charge in [0, 0.05) is 11.8 Å². The molecule has 0 heterocycles. The second-order valence-electron chi connectivity index (χ2n) is 6.01. The van der Waals surface area contributed by atoms with Crippen molar-refractivity contribution in [2.24, 2.45) is 11.3 Å².